The maximum absolute atomic E-state index is 12.0. The number of hydrogen-bond donors (Lipinski definition) is 1. The number of aryl methyl sites for hydroxylation is 1. The van der Waals surface area contributed by atoms with Crippen molar-refractivity contribution in [1.29, 1.82) is 0 Å². The van der Waals surface area contributed by atoms with Crippen LogP contribution in [0, 0.1) is 0 Å². The highest BCUT2D eigenvalue weighted by atomic mass is 16.4. The van der Waals surface area contributed by atoms with Crippen molar-refractivity contribution in [2.24, 2.45) is 0 Å². The normalized spacial score (nSPS) is 12.1. The number of carboxylic acid groups (broad SMARTS) is 1. The van der Waals surface area contributed by atoms with Gasteiger partial charge in [0, 0.05) is 31.4 Å². The number of amides is 1. The lowest BCUT2D eigenvalue weighted by Crippen LogP contribution is -2.42. The van der Waals surface area contributed by atoms with E-state index in [1.165, 1.54) is 4.90 Å². The van der Waals surface area contributed by atoms with Crippen molar-refractivity contribution in [3.63, 3.8) is 0 Å². The Morgan fingerprint density at radius 1 is 1.50 bits per heavy atom. The van der Waals surface area contributed by atoms with Crippen molar-refractivity contribution in [2.45, 2.75) is 39.3 Å². The molecule has 6 nitrogen and oxygen atoms in total. The molecular formula is C12H19N3O3. The molecule has 0 saturated heterocycles. The van der Waals surface area contributed by atoms with Gasteiger partial charge in [0.2, 0.25) is 5.91 Å². The molecule has 0 radical (unpaired) electrons. The first-order valence-electron chi connectivity index (χ1n) is 6.03. The summed E-state index contributed by atoms with van der Waals surface area (Å²) >= 11 is 0. The van der Waals surface area contributed by atoms with Crippen molar-refractivity contribution < 1.29 is 14.7 Å². The van der Waals surface area contributed by atoms with Gasteiger partial charge in [0.1, 0.15) is 6.54 Å². The highest BCUT2D eigenvalue weighted by molar-refractivity contribution is 5.81. The molecule has 1 N–H and O–H groups in total. The first-order valence-corrected chi connectivity index (χ1v) is 6.03. The van der Waals surface area contributed by atoms with Gasteiger partial charge in [0.25, 0.3) is 0 Å². The maximum atomic E-state index is 12.0. The van der Waals surface area contributed by atoms with Crippen LogP contribution in [0.4, 0.5) is 0 Å². The summed E-state index contributed by atoms with van der Waals surface area (Å²) in [5, 5.41) is 12.8. The minimum Gasteiger partial charge on any atom is -0.480 e. The summed E-state index contributed by atoms with van der Waals surface area (Å²) in [4.78, 5) is 24.2. The smallest absolute Gasteiger partial charge is 0.323 e. The number of hydrogen-bond acceptors (Lipinski definition) is 3. The lowest BCUT2D eigenvalue weighted by molar-refractivity contribution is -0.146. The van der Waals surface area contributed by atoms with Gasteiger partial charge >= 0.3 is 5.97 Å². The molecular weight excluding hydrogens is 234 g/mol. The van der Waals surface area contributed by atoms with E-state index in [-0.39, 0.29) is 24.9 Å². The van der Waals surface area contributed by atoms with Crippen LogP contribution >= 0.6 is 0 Å². The lowest BCUT2D eigenvalue weighted by atomic mass is 10.2. The zero-order valence-electron chi connectivity index (χ0n) is 10.7. The van der Waals surface area contributed by atoms with E-state index in [1.54, 1.807) is 23.1 Å². The van der Waals surface area contributed by atoms with Gasteiger partial charge < -0.3 is 10.0 Å². The molecule has 1 heterocycles. The number of carbonyl (C=O) groups excluding carboxylic acids is 1. The van der Waals surface area contributed by atoms with Gasteiger partial charge in [-0.15, -0.1) is 0 Å². The molecule has 1 aromatic heterocycles. The quantitative estimate of drug-likeness (QED) is 0.786. The number of aromatic nitrogens is 2. The van der Waals surface area contributed by atoms with Crippen LogP contribution in [-0.2, 0) is 16.1 Å². The molecule has 0 aliphatic rings. The predicted molar refractivity (Wildman–Crippen MR) is 65.9 cm³/mol. The molecule has 0 saturated carbocycles. The zero-order chi connectivity index (χ0) is 13.5. The van der Waals surface area contributed by atoms with E-state index in [1.807, 2.05) is 13.8 Å². The van der Waals surface area contributed by atoms with Gasteiger partial charge in [-0.05, 0) is 19.4 Å². The third kappa shape index (κ3) is 4.20. The van der Waals surface area contributed by atoms with Gasteiger partial charge in [-0.3, -0.25) is 14.3 Å². The second kappa shape index (κ2) is 6.78. The summed E-state index contributed by atoms with van der Waals surface area (Å²) in [6.45, 7) is 4.01. The Kier molecular flexibility index (Phi) is 5.35. The maximum Gasteiger partial charge on any atom is 0.323 e. The van der Waals surface area contributed by atoms with Crippen molar-refractivity contribution in [2.75, 3.05) is 6.54 Å². The molecule has 100 valence electrons. The number of carboxylic acids is 1. The molecule has 0 aromatic carbocycles. The van der Waals surface area contributed by atoms with Gasteiger partial charge in [0.15, 0.2) is 0 Å². The lowest BCUT2D eigenvalue weighted by Gasteiger charge is -2.27. The third-order valence-electron chi connectivity index (χ3n) is 2.86. The summed E-state index contributed by atoms with van der Waals surface area (Å²) in [7, 11) is 0. The minimum absolute atomic E-state index is 0.0637. The van der Waals surface area contributed by atoms with Crippen LogP contribution in [0.2, 0.25) is 0 Å². The number of aliphatic carboxylic acids is 1. The third-order valence-corrected chi connectivity index (χ3v) is 2.86. The summed E-state index contributed by atoms with van der Waals surface area (Å²) in [6, 6.07) is 1.72. The Labute approximate surface area is 106 Å². The second-order valence-electron chi connectivity index (χ2n) is 4.19. The topological polar surface area (TPSA) is 75.4 Å². The Bertz CT molecular complexity index is 389. The van der Waals surface area contributed by atoms with Crippen molar-refractivity contribution in [3.05, 3.63) is 18.5 Å². The summed E-state index contributed by atoms with van der Waals surface area (Å²) in [5.41, 5.74) is 0. The average Bonchev–Trinajstić information content (AvgIpc) is 2.85. The molecule has 18 heavy (non-hydrogen) atoms. The number of rotatable bonds is 7. The molecule has 0 aliphatic carbocycles. The molecule has 0 spiro atoms. The van der Waals surface area contributed by atoms with Crippen LogP contribution in [0.3, 0.4) is 0 Å². The Balaban J connectivity index is 2.55. The van der Waals surface area contributed by atoms with Crippen molar-refractivity contribution in [3.8, 4) is 0 Å². The highest BCUT2D eigenvalue weighted by Gasteiger charge is 2.21. The van der Waals surface area contributed by atoms with E-state index in [0.29, 0.717) is 6.54 Å². The summed E-state index contributed by atoms with van der Waals surface area (Å²) in [5.74, 6) is -1.13. The van der Waals surface area contributed by atoms with Crippen molar-refractivity contribution in [1.82, 2.24) is 14.7 Å². The molecule has 0 aliphatic heterocycles. The minimum atomic E-state index is -0.984. The van der Waals surface area contributed by atoms with Crippen LogP contribution in [0.15, 0.2) is 18.5 Å². The summed E-state index contributed by atoms with van der Waals surface area (Å²) < 4.78 is 1.66. The zero-order valence-corrected chi connectivity index (χ0v) is 10.7. The van der Waals surface area contributed by atoms with E-state index >= 15 is 0 Å². The predicted octanol–water partition coefficient (Wildman–Crippen LogP) is 0.985. The van der Waals surface area contributed by atoms with Gasteiger partial charge in [0.05, 0.1) is 0 Å². The van der Waals surface area contributed by atoms with Crippen molar-refractivity contribution >= 4 is 11.9 Å². The van der Waals surface area contributed by atoms with Crippen LogP contribution in [0.1, 0.15) is 26.7 Å². The SMILES string of the molecule is CCC(C)N(CC(=O)O)C(=O)CCn1cccn1. The van der Waals surface area contributed by atoms with Crippen LogP contribution < -0.4 is 0 Å². The largest absolute Gasteiger partial charge is 0.480 e. The van der Waals surface area contributed by atoms with Gasteiger partial charge in [-0.25, -0.2) is 0 Å². The molecule has 0 bridgehead atoms. The molecule has 6 heteroatoms. The number of nitrogens with zero attached hydrogens (tertiary/aromatic N) is 3. The fraction of sp³-hybridized carbons (Fsp3) is 0.583. The Morgan fingerprint density at radius 2 is 2.22 bits per heavy atom. The second-order valence-corrected chi connectivity index (χ2v) is 4.19. The molecule has 1 amide bonds. The fourth-order valence-electron chi connectivity index (χ4n) is 1.64. The van der Waals surface area contributed by atoms with Gasteiger partial charge in [-0.2, -0.15) is 5.10 Å². The summed E-state index contributed by atoms with van der Waals surface area (Å²) in [6.07, 6.45) is 4.42. The molecule has 1 unspecified atom stereocenters. The Morgan fingerprint density at radius 3 is 2.72 bits per heavy atom. The molecule has 1 rings (SSSR count). The standard InChI is InChI=1S/C12H19N3O3/c1-3-10(2)15(9-12(17)18)11(16)5-8-14-7-4-6-13-14/h4,6-7,10H,3,5,8-9H2,1-2H3,(H,17,18). The average molecular weight is 253 g/mol. The van der Waals surface area contributed by atoms with Crippen LogP contribution in [-0.4, -0.2) is 44.3 Å². The van der Waals surface area contributed by atoms with Crippen LogP contribution in [0.5, 0.6) is 0 Å². The first-order chi connectivity index (χ1) is 8.54. The molecule has 1 atom stereocenters. The van der Waals surface area contributed by atoms with Gasteiger partial charge in [-0.1, -0.05) is 6.92 Å². The first kappa shape index (κ1) is 14.2. The number of carbonyl (C=O) groups is 2. The fourth-order valence-corrected chi connectivity index (χ4v) is 1.64. The van der Waals surface area contributed by atoms with E-state index < -0.39 is 5.97 Å². The van der Waals surface area contributed by atoms with E-state index in [9.17, 15) is 9.59 Å². The van der Waals surface area contributed by atoms with E-state index in [2.05, 4.69) is 5.10 Å². The Hall–Kier alpha value is -1.85. The van der Waals surface area contributed by atoms with E-state index in [0.717, 1.165) is 6.42 Å². The monoisotopic (exact) mass is 253 g/mol. The van der Waals surface area contributed by atoms with E-state index in [4.69, 9.17) is 5.11 Å². The molecule has 0 fully saturated rings. The molecule has 1 aromatic rings. The van der Waals surface area contributed by atoms with Crippen LogP contribution in [0.25, 0.3) is 0 Å². The highest BCUT2D eigenvalue weighted by Crippen LogP contribution is 2.06.